The van der Waals surface area contributed by atoms with Crippen LogP contribution in [0, 0.1) is 0 Å². The van der Waals surface area contributed by atoms with Gasteiger partial charge in [-0.15, -0.1) is 0 Å². The van der Waals surface area contributed by atoms with Gasteiger partial charge in [-0.3, -0.25) is 13.9 Å². The Morgan fingerprint density at radius 2 is 1.81 bits per heavy atom. The second kappa shape index (κ2) is 4.81. The maximum Gasteiger partial charge on any atom is 0.324 e. The number of ether oxygens (including phenoxy) is 1. The van der Waals surface area contributed by atoms with Gasteiger partial charge in [-0.05, 0) is 12.8 Å². The molecule has 2 aliphatic rings. The van der Waals surface area contributed by atoms with E-state index in [2.05, 4.69) is 0 Å². The maximum atomic E-state index is 11.5. The normalized spacial score (nSPS) is 27.8. The highest BCUT2D eigenvalue weighted by molar-refractivity contribution is 7.85. The minimum absolute atomic E-state index is 0.506. The summed E-state index contributed by atoms with van der Waals surface area (Å²) in [5.74, 6) is 0.426. The van der Waals surface area contributed by atoms with Crippen LogP contribution in [0.15, 0.2) is 0 Å². The molecule has 0 aliphatic carbocycles. The number of carboxylic acid groups (broad SMARTS) is 1. The molecule has 0 radical (unpaired) electrons. The van der Waals surface area contributed by atoms with Crippen molar-refractivity contribution in [1.82, 2.24) is 4.90 Å². The smallest absolute Gasteiger partial charge is 0.324 e. The van der Waals surface area contributed by atoms with Crippen molar-refractivity contribution in [2.24, 2.45) is 0 Å². The predicted octanol–water partition coefficient (Wildman–Crippen LogP) is -0.315. The largest absolute Gasteiger partial charge is 0.480 e. The lowest BCUT2D eigenvalue weighted by Gasteiger charge is -2.44. The van der Waals surface area contributed by atoms with E-state index in [-0.39, 0.29) is 0 Å². The van der Waals surface area contributed by atoms with Crippen LogP contribution in [0.2, 0.25) is 0 Å². The molecule has 6 heteroatoms. The fourth-order valence-corrected chi connectivity index (χ4v) is 3.49. The van der Waals surface area contributed by atoms with E-state index in [9.17, 15) is 14.1 Å². The Kier molecular flexibility index (Phi) is 3.61. The van der Waals surface area contributed by atoms with Crippen molar-refractivity contribution in [3.8, 4) is 0 Å². The first kappa shape index (κ1) is 12.0. The third kappa shape index (κ3) is 2.14. The lowest BCUT2D eigenvalue weighted by atomic mass is 9.88. The van der Waals surface area contributed by atoms with Crippen molar-refractivity contribution in [3.63, 3.8) is 0 Å². The molecular formula is C10H17NO4S. The fourth-order valence-electron chi connectivity index (χ4n) is 2.44. The van der Waals surface area contributed by atoms with Crippen LogP contribution < -0.4 is 0 Å². The molecule has 0 spiro atoms. The highest BCUT2D eigenvalue weighted by atomic mass is 32.2. The minimum Gasteiger partial charge on any atom is -0.480 e. The van der Waals surface area contributed by atoms with Crippen LogP contribution in [-0.4, -0.2) is 63.5 Å². The quantitative estimate of drug-likeness (QED) is 0.724. The topological polar surface area (TPSA) is 66.8 Å². The maximum absolute atomic E-state index is 11.5. The first-order chi connectivity index (χ1) is 7.65. The third-order valence-corrected chi connectivity index (χ3v) is 4.78. The molecule has 0 bridgehead atoms. The Balaban J connectivity index is 2.12. The highest BCUT2D eigenvalue weighted by Crippen LogP contribution is 2.29. The third-order valence-electron chi connectivity index (χ3n) is 3.50. The average Bonchev–Trinajstić information content (AvgIpc) is 2.30. The summed E-state index contributed by atoms with van der Waals surface area (Å²) in [6.45, 7) is 2.26. The Morgan fingerprint density at radius 3 is 2.31 bits per heavy atom. The summed E-state index contributed by atoms with van der Waals surface area (Å²) < 4.78 is 16.5. The molecule has 16 heavy (non-hydrogen) atoms. The number of carboxylic acids is 1. The van der Waals surface area contributed by atoms with Crippen LogP contribution in [0.3, 0.4) is 0 Å². The fraction of sp³-hybridized carbons (Fsp3) is 0.900. The second-order valence-electron chi connectivity index (χ2n) is 4.28. The van der Waals surface area contributed by atoms with E-state index in [0.717, 1.165) is 0 Å². The molecule has 2 fully saturated rings. The lowest BCUT2D eigenvalue weighted by molar-refractivity contribution is -0.158. The molecule has 2 rings (SSSR count). The number of carbonyl (C=O) groups is 1. The van der Waals surface area contributed by atoms with E-state index in [1.54, 1.807) is 0 Å². The van der Waals surface area contributed by atoms with Gasteiger partial charge in [0.25, 0.3) is 0 Å². The van der Waals surface area contributed by atoms with Crippen molar-refractivity contribution in [2.45, 2.75) is 18.4 Å². The summed E-state index contributed by atoms with van der Waals surface area (Å²) in [6.07, 6.45) is 1.07. The Morgan fingerprint density at radius 1 is 1.25 bits per heavy atom. The van der Waals surface area contributed by atoms with Gasteiger partial charge in [0.15, 0.2) is 0 Å². The summed E-state index contributed by atoms with van der Waals surface area (Å²) in [5, 5.41) is 9.43. The van der Waals surface area contributed by atoms with Gasteiger partial charge in [0.05, 0.1) is 0 Å². The van der Waals surface area contributed by atoms with Crippen LogP contribution >= 0.6 is 0 Å². The first-order valence-electron chi connectivity index (χ1n) is 5.56. The van der Waals surface area contributed by atoms with Crippen LogP contribution in [0.5, 0.6) is 0 Å². The van der Waals surface area contributed by atoms with Gasteiger partial charge < -0.3 is 9.84 Å². The molecule has 2 saturated heterocycles. The summed E-state index contributed by atoms with van der Waals surface area (Å²) in [4.78, 5) is 13.5. The zero-order valence-electron chi connectivity index (χ0n) is 9.18. The first-order valence-corrected chi connectivity index (χ1v) is 7.05. The van der Waals surface area contributed by atoms with Crippen LogP contribution in [0.25, 0.3) is 0 Å². The summed E-state index contributed by atoms with van der Waals surface area (Å²) >= 11 is 0. The van der Waals surface area contributed by atoms with Gasteiger partial charge in [-0.25, -0.2) is 0 Å². The van der Waals surface area contributed by atoms with Crippen LogP contribution in [0.1, 0.15) is 12.8 Å². The average molecular weight is 247 g/mol. The summed E-state index contributed by atoms with van der Waals surface area (Å²) in [6, 6.07) is 0. The van der Waals surface area contributed by atoms with Gasteiger partial charge in [0.1, 0.15) is 5.54 Å². The molecule has 0 atom stereocenters. The standard InChI is InChI=1S/C10H17NO4S/c12-9(13)10(1-5-15-6-2-10)11-3-7-16(14)8-4-11/h1-8H2,(H,12,13). The van der Waals surface area contributed by atoms with E-state index in [4.69, 9.17) is 4.74 Å². The van der Waals surface area contributed by atoms with Gasteiger partial charge in [-0.1, -0.05) is 0 Å². The molecule has 0 amide bonds. The number of rotatable bonds is 2. The second-order valence-corrected chi connectivity index (χ2v) is 5.98. The molecule has 92 valence electrons. The molecular weight excluding hydrogens is 230 g/mol. The predicted molar refractivity (Wildman–Crippen MR) is 59.9 cm³/mol. The van der Waals surface area contributed by atoms with Gasteiger partial charge in [0, 0.05) is 48.6 Å². The summed E-state index contributed by atoms with van der Waals surface area (Å²) in [5.41, 5.74) is -0.775. The van der Waals surface area contributed by atoms with Gasteiger partial charge in [0.2, 0.25) is 0 Å². The van der Waals surface area contributed by atoms with Gasteiger partial charge >= 0.3 is 5.97 Å². The van der Waals surface area contributed by atoms with Crippen molar-refractivity contribution in [2.75, 3.05) is 37.8 Å². The monoisotopic (exact) mass is 247 g/mol. The van der Waals surface area contributed by atoms with E-state index < -0.39 is 22.3 Å². The molecule has 2 heterocycles. The SMILES string of the molecule is O=C(O)C1(N2CCS(=O)CC2)CCOCC1. The van der Waals surface area contributed by atoms with E-state index in [1.165, 1.54) is 0 Å². The Hall–Kier alpha value is -0.460. The molecule has 0 aromatic heterocycles. The minimum atomic E-state index is -0.775. The van der Waals surface area contributed by atoms with Gasteiger partial charge in [-0.2, -0.15) is 0 Å². The molecule has 0 unspecified atom stereocenters. The number of hydrogen-bond acceptors (Lipinski definition) is 4. The highest BCUT2D eigenvalue weighted by Gasteiger charge is 2.46. The lowest BCUT2D eigenvalue weighted by Crippen LogP contribution is -2.60. The van der Waals surface area contributed by atoms with Crippen molar-refractivity contribution in [1.29, 1.82) is 0 Å². The number of nitrogens with zero attached hydrogens (tertiary/aromatic N) is 1. The molecule has 2 aliphatic heterocycles. The van der Waals surface area contributed by atoms with Crippen molar-refractivity contribution >= 4 is 16.8 Å². The zero-order valence-corrected chi connectivity index (χ0v) is 10.0. The zero-order chi connectivity index (χ0) is 11.6. The number of aliphatic carboxylic acids is 1. The van der Waals surface area contributed by atoms with Crippen molar-refractivity contribution in [3.05, 3.63) is 0 Å². The van der Waals surface area contributed by atoms with E-state index in [1.807, 2.05) is 4.90 Å². The van der Waals surface area contributed by atoms with Crippen molar-refractivity contribution < 1.29 is 18.8 Å². The van der Waals surface area contributed by atoms with Crippen LogP contribution in [-0.2, 0) is 20.3 Å². The molecule has 5 nitrogen and oxygen atoms in total. The Labute approximate surface area is 97.2 Å². The molecule has 0 aromatic rings. The Bertz CT molecular complexity index is 291. The summed E-state index contributed by atoms with van der Waals surface area (Å²) in [7, 11) is -0.763. The van der Waals surface area contributed by atoms with E-state index >= 15 is 0 Å². The van der Waals surface area contributed by atoms with E-state index in [0.29, 0.717) is 50.7 Å². The molecule has 1 N–H and O–H groups in total. The van der Waals surface area contributed by atoms with Crippen LogP contribution in [0.4, 0.5) is 0 Å². The molecule has 0 aromatic carbocycles. The number of hydrogen-bond donors (Lipinski definition) is 1. The molecule has 0 saturated carbocycles.